The number of benzene rings is 1. The summed E-state index contributed by atoms with van der Waals surface area (Å²) in [5.41, 5.74) is 0.739. The Morgan fingerprint density at radius 2 is 1.95 bits per heavy atom. The van der Waals surface area contributed by atoms with Crippen molar-refractivity contribution in [2.75, 3.05) is 0 Å². The van der Waals surface area contributed by atoms with Crippen LogP contribution in [0.4, 0.5) is 8.78 Å². The molecule has 0 saturated carbocycles. The van der Waals surface area contributed by atoms with Gasteiger partial charge in [0.25, 0.3) is 0 Å². The van der Waals surface area contributed by atoms with Crippen LogP contribution < -0.4 is 0 Å². The molecule has 0 aliphatic heterocycles. The largest absolute Gasteiger partial charge is 0.225 e. The fourth-order valence-corrected chi connectivity index (χ4v) is 3.04. The fraction of sp³-hybridized carbons (Fsp3) is 0. The van der Waals surface area contributed by atoms with Gasteiger partial charge in [-0.2, -0.15) is 0 Å². The van der Waals surface area contributed by atoms with Gasteiger partial charge in [-0.3, -0.25) is 0 Å². The lowest BCUT2D eigenvalue weighted by Gasteiger charge is -2.04. The first-order chi connectivity index (χ1) is 9.04. The Kier molecular flexibility index (Phi) is 3.24. The van der Waals surface area contributed by atoms with Crippen molar-refractivity contribution in [3.63, 3.8) is 0 Å². The first kappa shape index (κ1) is 12.9. The number of fused-ring (bicyclic) bond motifs is 1. The SMILES string of the molecule is Fc1cc(F)c2nc(-c3csc(Br)c3)nc(Cl)c2c1. The monoisotopic (exact) mass is 360 g/mol. The molecule has 0 unspecified atom stereocenters. The summed E-state index contributed by atoms with van der Waals surface area (Å²) in [4.78, 5) is 8.18. The summed E-state index contributed by atoms with van der Waals surface area (Å²) >= 11 is 10.8. The van der Waals surface area contributed by atoms with Crippen molar-refractivity contribution >= 4 is 49.8 Å². The Morgan fingerprint density at radius 1 is 1.16 bits per heavy atom. The molecule has 2 nitrogen and oxygen atoms in total. The van der Waals surface area contributed by atoms with Crippen molar-refractivity contribution in [3.05, 3.63) is 44.2 Å². The van der Waals surface area contributed by atoms with Crippen molar-refractivity contribution in [1.29, 1.82) is 0 Å². The number of thiophene rings is 1. The van der Waals surface area contributed by atoms with E-state index in [0.29, 0.717) is 5.82 Å². The van der Waals surface area contributed by atoms with E-state index in [1.807, 2.05) is 11.4 Å². The summed E-state index contributed by atoms with van der Waals surface area (Å²) in [7, 11) is 0. The van der Waals surface area contributed by atoms with Gasteiger partial charge in [-0.05, 0) is 28.1 Å². The summed E-state index contributed by atoms with van der Waals surface area (Å²) in [6, 6.07) is 3.70. The quantitative estimate of drug-likeness (QED) is 0.567. The van der Waals surface area contributed by atoms with Gasteiger partial charge in [0.05, 0.1) is 3.79 Å². The smallest absolute Gasteiger partial charge is 0.162 e. The highest BCUT2D eigenvalue weighted by molar-refractivity contribution is 9.11. The van der Waals surface area contributed by atoms with E-state index in [1.54, 1.807) is 0 Å². The van der Waals surface area contributed by atoms with E-state index in [-0.39, 0.29) is 16.1 Å². The average Bonchev–Trinajstić information content (AvgIpc) is 2.77. The molecular formula is C12H4BrClF2N2S. The Labute approximate surface area is 124 Å². The molecule has 0 aliphatic rings. The highest BCUT2D eigenvalue weighted by Crippen LogP contribution is 2.31. The third-order valence-corrected chi connectivity index (χ3v) is 4.29. The van der Waals surface area contributed by atoms with Crippen molar-refractivity contribution in [2.24, 2.45) is 0 Å². The maximum Gasteiger partial charge on any atom is 0.162 e. The lowest BCUT2D eigenvalue weighted by Crippen LogP contribution is -1.94. The van der Waals surface area contributed by atoms with Gasteiger partial charge in [0.1, 0.15) is 16.5 Å². The van der Waals surface area contributed by atoms with E-state index < -0.39 is 11.6 Å². The first-order valence-electron chi connectivity index (χ1n) is 5.11. The molecule has 2 aromatic heterocycles. The van der Waals surface area contributed by atoms with Crippen LogP contribution in [0.3, 0.4) is 0 Å². The van der Waals surface area contributed by atoms with Crippen molar-refractivity contribution in [3.8, 4) is 11.4 Å². The third kappa shape index (κ3) is 2.35. The Morgan fingerprint density at radius 3 is 2.63 bits per heavy atom. The molecule has 0 saturated heterocycles. The van der Waals surface area contributed by atoms with E-state index >= 15 is 0 Å². The molecule has 0 aliphatic carbocycles. The lowest BCUT2D eigenvalue weighted by atomic mass is 10.2. The molecule has 19 heavy (non-hydrogen) atoms. The van der Waals surface area contributed by atoms with Gasteiger partial charge >= 0.3 is 0 Å². The van der Waals surface area contributed by atoms with Gasteiger partial charge in [0.15, 0.2) is 11.6 Å². The first-order valence-corrected chi connectivity index (χ1v) is 7.16. The summed E-state index contributed by atoms with van der Waals surface area (Å²) in [6.45, 7) is 0. The van der Waals surface area contributed by atoms with Crippen LogP contribution >= 0.6 is 38.9 Å². The van der Waals surface area contributed by atoms with Crippen LogP contribution in [0.25, 0.3) is 22.3 Å². The van der Waals surface area contributed by atoms with Crippen LogP contribution in [0.2, 0.25) is 5.15 Å². The molecule has 7 heteroatoms. The van der Waals surface area contributed by atoms with Gasteiger partial charge in [-0.25, -0.2) is 18.7 Å². The standard InChI is InChI=1S/C12H4BrClF2N2S/c13-9-1-5(4-19-9)12-17-10-7(11(14)18-12)2-6(15)3-8(10)16/h1-4H. The average molecular weight is 362 g/mol. The summed E-state index contributed by atoms with van der Waals surface area (Å²) in [5.74, 6) is -1.15. The molecule has 96 valence electrons. The Balaban J connectivity index is 2.30. The molecule has 0 radical (unpaired) electrons. The van der Waals surface area contributed by atoms with Crippen LogP contribution in [0.15, 0.2) is 27.4 Å². The van der Waals surface area contributed by atoms with E-state index in [4.69, 9.17) is 11.6 Å². The minimum atomic E-state index is -0.755. The predicted molar refractivity (Wildman–Crippen MR) is 75.5 cm³/mol. The maximum absolute atomic E-state index is 13.7. The van der Waals surface area contributed by atoms with Crippen LogP contribution in [-0.4, -0.2) is 9.97 Å². The molecule has 3 aromatic rings. The van der Waals surface area contributed by atoms with Crippen LogP contribution in [-0.2, 0) is 0 Å². The van der Waals surface area contributed by atoms with E-state index in [9.17, 15) is 8.78 Å². The number of hydrogen-bond acceptors (Lipinski definition) is 3. The maximum atomic E-state index is 13.7. The zero-order chi connectivity index (χ0) is 13.6. The van der Waals surface area contributed by atoms with Gasteiger partial charge in [0, 0.05) is 22.4 Å². The third-order valence-electron chi connectivity index (χ3n) is 2.50. The predicted octanol–water partition coefficient (Wildman–Crippen LogP) is 5.05. The molecule has 1 aromatic carbocycles. The van der Waals surface area contributed by atoms with Crippen molar-refractivity contribution in [2.45, 2.75) is 0 Å². The Bertz CT molecular complexity index is 791. The second-order valence-corrected chi connectivity index (χ2v) is 6.41. The van der Waals surface area contributed by atoms with E-state index in [2.05, 4.69) is 25.9 Å². The van der Waals surface area contributed by atoms with E-state index in [0.717, 1.165) is 21.5 Å². The zero-order valence-corrected chi connectivity index (χ0v) is 12.3. The number of rotatable bonds is 1. The topological polar surface area (TPSA) is 25.8 Å². The summed E-state index contributed by atoms with van der Waals surface area (Å²) in [6.07, 6.45) is 0. The van der Waals surface area contributed by atoms with Crippen LogP contribution in [0.1, 0.15) is 0 Å². The molecule has 2 heterocycles. The van der Waals surface area contributed by atoms with Gasteiger partial charge in [-0.1, -0.05) is 11.6 Å². The molecule has 0 N–H and O–H groups in total. The van der Waals surface area contributed by atoms with Crippen LogP contribution in [0.5, 0.6) is 0 Å². The highest BCUT2D eigenvalue weighted by Gasteiger charge is 2.13. The van der Waals surface area contributed by atoms with Crippen molar-refractivity contribution in [1.82, 2.24) is 9.97 Å². The molecular weight excluding hydrogens is 358 g/mol. The van der Waals surface area contributed by atoms with Crippen LogP contribution in [0, 0.1) is 11.6 Å². The normalized spacial score (nSPS) is 11.2. The lowest BCUT2D eigenvalue weighted by molar-refractivity contribution is 0.590. The Hall–Kier alpha value is -1.11. The second-order valence-electron chi connectivity index (χ2n) is 3.76. The number of halogens is 4. The molecule has 0 amide bonds. The van der Waals surface area contributed by atoms with E-state index in [1.165, 1.54) is 11.3 Å². The molecule has 3 rings (SSSR count). The second kappa shape index (κ2) is 4.77. The van der Waals surface area contributed by atoms with Gasteiger partial charge in [-0.15, -0.1) is 11.3 Å². The molecule has 0 atom stereocenters. The number of aromatic nitrogens is 2. The molecule has 0 fully saturated rings. The zero-order valence-electron chi connectivity index (χ0n) is 9.12. The number of nitrogens with zero attached hydrogens (tertiary/aromatic N) is 2. The van der Waals surface area contributed by atoms with Crippen molar-refractivity contribution < 1.29 is 8.78 Å². The number of hydrogen-bond donors (Lipinski definition) is 0. The highest BCUT2D eigenvalue weighted by atomic mass is 79.9. The summed E-state index contributed by atoms with van der Waals surface area (Å²) in [5, 5.41) is 2.01. The summed E-state index contributed by atoms with van der Waals surface area (Å²) < 4.78 is 27.8. The fourth-order valence-electron chi connectivity index (χ4n) is 1.68. The van der Waals surface area contributed by atoms with Gasteiger partial charge < -0.3 is 0 Å². The minimum Gasteiger partial charge on any atom is -0.225 e. The molecule has 0 bridgehead atoms. The van der Waals surface area contributed by atoms with Gasteiger partial charge in [0.2, 0.25) is 0 Å². The minimum absolute atomic E-state index is 0.0127. The molecule has 0 spiro atoms.